The van der Waals surface area contributed by atoms with Gasteiger partial charge in [0.1, 0.15) is 11.5 Å². The Morgan fingerprint density at radius 1 is 1.03 bits per heavy atom. The van der Waals surface area contributed by atoms with Gasteiger partial charge in [0.2, 0.25) is 0 Å². The number of fused-ring (bicyclic) bond motifs is 3. The number of furan rings is 1. The largest absolute Gasteiger partial charge is 0.457 e. The van der Waals surface area contributed by atoms with Crippen molar-refractivity contribution in [3.05, 3.63) is 142 Å². The highest BCUT2D eigenvalue weighted by atomic mass is 79.9. The normalized spacial score (nSPS) is 16.5. The molecule has 5 aromatic rings. The SMILES string of the molecule is Cc1ccc(-c2ccc(/C=c3/sc4n(c3=O)[C@@H](c3ccc(Cl)cc3)C3=C(N=4)c4ccccc4CC3)o2)c(Br)c1. The first-order chi connectivity index (χ1) is 19.0. The Morgan fingerprint density at radius 2 is 1.85 bits per heavy atom. The fourth-order valence-electron chi connectivity index (χ4n) is 5.49. The van der Waals surface area contributed by atoms with Gasteiger partial charge in [-0.2, -0.15) is 0 Å². The van der Waals surface area contributed by atoms with Crippen molar-refractivity contribution in [1.82, 2.24) is 4.57 Å². The maximum absolute atomic E-state index is 13.9. The smallest absolute Gasteiger partial charge is 0.271 e. The zero-order valence-corrected chi connectivity index (χ0v) is 24.1. The second-order valence-corrected chi connectivity index (χ2v) is 12.2. The summed E-state index contributed by atoms with van der Waals surface area (Å²) in [4.78, 5) is 19.7. The Kier molecular flexibility index (Phi) is 6.07. The molecule has 39 heavy (non-hydrogen) atoms. The van der Waals surface area contributed by atoms with Gasteiger partial charge in [-0.1, -0.05) is 81.3 Å². The highest BCUT2D eigenvalue weighted by Crippen LogP contribution is 2.41. The lowest BCUT2D eigenvalue weighted by molar-refractivity contribution is 0.570. The quantitative estimate of drug-likeness (QED) is 0.214. The summed E-state index contributed by atoms with van der Waals surface area (Å²) >= 11 is 11.3. The van der Waals surface area contributed by atoms with Gasteiger partial charge in [-0.25, -0.2) is 4.99 Å². The van der Waals surface area contributed by atoms with E-state index in [0.717, 1.165) is 45.5 Å². The topological polar surface area (TPSA) is 47.5 Å². The van der Waals surface area contributed by atoms with E-state index in [9.17, 15) is 4.79 Å². The van der Waals surface area contributed by atoms with Crippen molar-refractivity contribution < 1.29 is 4.42 Å². The van der Waals surface area contributed by atoms with E-state index in [1.54, 1.807) is 0 Å². The van der Waals surface area contributed by atoms with Crippen LogP contribution in [0.2, 0.25) is 5.02 Å². The molecule has 2 aliphatic rings. The standard InChI is InChI=1S/C32H22BrClN2O2S/c1-18-6-13-24(26(33)16-18)27-15-12-22(38-27)17-28-31(37)36-30(20-7-10-21(34)11-8-20)25-14-9-19-4-2-3-5-23(19)29(25)35-32(36)39-28/h2-8,10-13,15-17,30H,9,14H2,1H3/b28-17+/t30-/m0/s1. The van der Waals surface area contributed by atoms with Crippen LogP contribution < -0.4 is 14.9 Å². The summed E-state index contributed by atoms with van der Waals surface area (Å²) in [7, 11) is 0. The van der Waals surface area contributed by atoms with Gasteiger partial charge >= 0.3 is 0 Å². The predicted molar refractivity (Wildman–Crippen MR) is 161 cm³/mol. The maximum atomic E-state index is 13.9. The summed E-state index contributed by atoms with van der Waals surface area (Å²) in [6.45, 7) is 2.05. The van der Waals surface area contributed by atoms with Gasteiger partial charge < -0.3 is 4.42 Å². The van der Waals surface area contributed by atoms with Crippen LogP contribution in [0.5, 0.6) is 0 Å². The van der Waals surface area contributed by atoms with Crippen LogP contribution in [0.1, 0.15) is 40.5 Å². The van der Waals surface area contributed by atoms with Crippen molar-refractivity contribution in [2.45, 2.75) is 25.8 Å². The molecule has 4 nitrogen and oxygen atoms in total. The van der Waals surface area contributed by atoms with Crippen molar-refractivity contribution in [1.29, 1.82) is 0 Å². The summed E-state index contributed by atoms with van der Waals surface area (Å²) in [6, 6.07) is 26.0. The van der Waals surface area contributed by atoms with E-state index < -0.39 is 0 Å². The molecule has 7 heteroatoms. The predicted octanol–water partition coefficient (Wildman–Crippen LogP) is 7.30. The lowest BCUT2D eigenvalue weighted by Gasteiger charge is -2.30. The molecule has 0 bridgehead atoms. The summed E-state index contributed by atoms with van der Waals surface area (Å²) in [6.07, 6.45) is 3.59. The van der Waals surface area contributed by atoms with E-state index in [0.29, 0.717) is 20.1 Å². The highest BCUT2D eigenvalue weighted by Gasteiger charge is 2.32. The lowest BCUT2D eigenvalue weighted by atomic mass is 9.83. The van der Waals surface area contributed by atoms with E-state index in [-0.39, 0.29) is 11.6 Å². The Balaban J connectivity index is 1.39. The molecule has 2 aromatic heterocycles. The van der Waals surface area contributed by atoms with Crippen molar-refractivity contribution >= 4 is 50.6 Å². The number of aryl methyl sites for hydroxylation is 2. The number of benzene rings is 3. The van der Waals surface area contributed by atoms with Gasteiger partial charge in [0.15, 0.2) is 4.80 Å². The van der Waals surface area contributed by atoms with Crippen molar-refractivity contribution in [2.75, 3.05) is 0 Å². The van der Waals surface area contributed by atoms with Gasteiger partial charge in [-0.3, -0.25) is 9.36 Å². The third-order valence-electron chi connectivity index (χ3n) is 7.35. The van der Waals surface area contributed by atoms with Crippen LogP contribution in [-0.4, -0.2) is 4.57 Å². The number of halogens is 2. The average molecular weight is 614 g/mol. The van der Waals surface area contributed by atoms with Gasteiger partial charge in [0.25, 0.3) is 5.56 Å². The zero-order valence-electron chi connectivity index (χ0n) is 20.9. The molecule has 0 radical (unpaired) electrons. The van der Waals surface area contributed by atoms with E-state index in [4.69, 9.17) is 21.0 Å². The van der Waals surface area contributed by atoms with Crippen LogP contribution in [0.25, 0.3) is 23.1 Å². The molecule has 1 aliphatic carbocycles. The first-order valence-corrected chi connectivity index (χ1v) is 14.7. The highest BCUT2D eigenvalue weighted by molar-refractivity contribution is 9.10. The third-order valence-corrected chi connectivity index (χ3v) is 9.24. The van der Waals surface area contributed by atoms with Crippen molar-refractivity contribution in [3.63, 3.8) is 0 Å². The molecule has 7 rings (SSSR count). The monoisotopic (exact) mass is 612 g/mol. The lowest BCUT2D eigenvalue weighted by Crippen LogP contribution is -2.38. The van der Waals surface area contributed by atoms with E-state index >= 15 is 0 Å². The molecule has 0 saturated heterocycles. The second kappa shape index (κ2) is 9.63. The molecule has 0 fully saturated rings. The van der Waals surface area contributed by atoms with Gasteiger partial charge in [-0.15, -0.1) is 0 Å². The summed E-state index contributed by atoms with van der Waals surface area (Å²) in [5, 5.41) is 0.670. The van der Waals surface area contributed by atoms with Crippen molar-refractivity contribution in [3.8, 4) is 11.3 Å². The Labute approximate surface area is 242 Å². The molecule has 1 atom stereocenters. The molecule has 0 N–H and O–H groups in total. The molecule has 192 valence electrons. The number of aromatic nitrogens is 1. The number of thiazole rings is 1. The fraction of sp³-hybridized carbons (Fsp3) is 0.125. The number of rotatable bonds is 3. The van der Waals surface area contributed by atoms with Crippen LogP contribution in [0.4, 0.5) is 0 Å². The van der Waals surface area contributed by atoms with E-state index in [1.165, 1.54) is 28.0 Å². The number of nitrogens with zero attached hydrogens (tertiary/aromatic N) is 2. The van der Waals surface area contributed by atoms with Crippen LogP contribution in [-0.2, 0) is 6.42 Å². The van der Waals surface area contributed by atoms with Crippen LogP contribution >= 0.6 is 38.9 Å². The average Bonchev–Trinajstić information content (AvgIpc) is 3.52. The Bertz CT molecular complexity index is 1980. The minimum Gasteiger partial charge on any atom is -0.457 e. The van der Waals surface area contributed by atoms with Gasteiger partial charge in [0.05, 0.1) is 16.3 Å². The summed E-state index contributed by atoms with van der Waals surface area (Å²) in [5.41, 5.74) is 7.68. The third kappa shape index (κ3) is 4.27. The summed E-state index contributed by atoms with van der Waals surface area (Å²) in [5.74, 6) is 1.37. The molecule has 0 spiro atoms. The van der Waals surface area contributed by atoms with Gasteiger partial charge in [-0.05, 0) is 78.4 Å². The van der Waals surface area contributed by atoms with Crippen LogP contribution in [0, 0.1) is 6.92 Å². The first-order valence-electron chi connectivity index (χ1n) is 12.7. The molecule has 0 amide bonds. The van der Waals surface area contributed by atoms with E-state index in [2.05, 4.69) is 59.3 Å². The number of allylic oxidation sites excluding steroid dienone is 1. The molecule has 3 aromatic carbocycles. The Morgan fingerprint density at radius 3 is 2.67 bits per heavy atom. The maximum Gasteiger partial charge on any atom is 0.271 e. The second-order valence-electron chi connectivity index (χ2n) is 9.85. The summed E-state index contributed by atoms with van der Waals surface area (Å²) < 4.78 is 9.56. The van der Waals surface area contributed by atoms with Crippen LogP contribution in [0.3, 0.4) is 0 Å². The molecule has 0 unspecified atom stereocenters. The minimum absolute atomic E-state index is 0.0708. The Hall–Kier alpha value is -3.45. The van der Waals surface area contributed by atoms with E-state index in [1.807, 2.05) is 53.1 Å². The van der Waals surface area contributed by atoms with Gasteiger partial charge in [0, 0.05) is 26.7 Å². The number of hydrogen-bond acceptors (Lipinski definition) is 4. The zero-order chi connectivity index (χ0) is 26.7. The van der Waals surface area contributed by atoms with Crippen LogP contribution in [0.15, 0.2) is 103 Å². The molecule has 0 saturated carbocycles. The van der Waals surface area contributed by atoms with Crippen molar-refractivity contribution in [2.24, 2.45) is 4.99 Å². The molecular weight excluding hydrogens is 592 g/mol. The molecular formula is C32H22BrClN2O2S. The fourth-order valence-corrected chi connectivity index (χ4v) is 7.29. The minimum atomic E-state index is -0.236. The number of hydrogen-bond donors (Lipinski definition) is 0. The molecule has 1 aliphatic heterocycles. The first kappa shape index (κ1) is 24.6. The molecule has 3 heterocycles.